The highest BCUT2D eigenvalue weighted by molar-refractivity contribution is 8.04. The largest absolute Gasteiger partial charge is 0.461 e. The molecule has 1 aromatic carbocycles. The van der Waals surface area contributed by atoms with Gasteiger partial charge in [0.15, 0.2) is 12.7 Å². The molecule has 2 aliphatic heterocycles. The van der Waals surface area contributed by atoms with Crippen LogP contribution < -0.4 is 0 Å². The topological polar surface area (TPSA) is 68.7 Å². The van der Waals surface area contributed by atoms with E-state index in [4.69, 9.17) is 14.1 Å². The molecule has 9 heteroatoms. The Morgan fingerprint density at radius 2 is 2.03 bits per heavy atom. The molecule has 1 amide bonds. The Morgan fingerprint density at radius 3 is 2.67 bits per heavy atom. The van der Waals surface area contributed by atoms with Gasteiger partial charge < -0.3 is 14.1 Å². The summed E-state index contributed by atoms with van der Waals surface area (Å²) in [6.45, 7) is 15.1. The van der Waals surface area contributed by atoms with Crippen molar-refractivity contribution in [2.45, 2.75) is 75.7 Å². The molecule has 0 bridgehead atoms. The first-order chi connectivity index (χ1) is 15.4. The predicted octanol–water partition coefficient (Wildman–Crippen LogP) is 5.80. The summed E-state index contributed by atoms with van der Waals surface area (Å²) in [4.78, 5) is 33.3. The fourth-order valence-corrected chi connectivity index (χ4v) is 7.96. The number of para-hydroxylation sites is 1. The molecular weight excluding hydrogens is 472 g/mol. The predicted molar refractivity (Wildman–Crippen MR) is 136 cm³/mol. The van der Waals surface area contributed by atoms with Crippen LogP contribution in [0.1, 0.15) is 41.0 Å². The Labute approximate surface area is 204 Å². The third-order valence-corrected chi connectivity index (χ3v) is 13.7. The molecule has 0 saturated carbocycles. The van der Waals surface area contributed by atoms with Crippen molar-refractivity contribution in [2.75, 3.05) is 6.61 Å². The van der Waals surface area contributed by atoms with Gasteiger partial charge in [0, 0.05) is 11.3 Å². The van der Waals surface area contributed by atoms with Gasteiger partial charge in [-0.2, -0.15) is 0 Å². The first-order valence-electron chi connectivity index (χ1n) is 11.4. The van der Waals surface area contributed by atoms with Gasteiger partial charge in [-0.1, -0.05) is 44.7 Å². The second kappa shape index (κ2) is 8.83. The first kappa shape index (κ1) is 24.4. The van der Waals surface area contributed by atoms with E-state index in [1.54, 1.807) is 23.2 Å². The molecule has 0 spiro atoms. The van der Waals surface area contributed by atoms with Gasteiger partial charge in [0.1, 0.15) is 5.70 Å². The lowest BCUT2D eigenvalue weighted by Crippen LogP contribution is -2.63. The lowest BCUT2D eigenvalue weighted by atomic mass is 9.83. The van der Waals surface area contributed by atoms with Crippen molar-refractivity contribution in [3.63, 3.8) is 0 Å². The zero-order valence-corrected chi connectivity index (χ0v) is 22.9. The molecule has 3 atom stereocenters. The van der Waals surface area contributed by atoms with Gasteiger partial charge in [-0.05, 0) is 44.1 Å². The van der Waals surface area contributed by atoms with Gasteiger partial charge in [0.2, 0.25) is 5.91 Å². The van der Waals surface area contributed by atoms with E-state index >= 15 is 0 Å². The summed E-state index contributed by atoms with van der Waals surface area (Å²) in [6, 6.07) is 7.91. The molecule has 1 fully saturated rings. The van der Waals surface area contributed by atoms with Crippen LogP contribution in [0.15, 0.2) is 39.2 Å². The second-order valence-electron chi connectivity index (χ2n) is 10.1. The zero-order chi connectivity index (χ0) is 24.1. The smallest absolute Gasteiger partial charge is 0.355 e. The number of ether oxygens (including phenoxy) is 1. The van der Waals surface area contributed by atoms with Crippen molar-refractivity contribution in [1.29, 1.82) is 0 Å². The Bertz CT molecular complexity index is 1090. The number of aromatic nitrogens is 1. The number of thiazole rings is 1. The van der Waals surface area contributed by atoms with E-state index in [2.05, 4.69) is 33.9 Å². The van der Waals surface area contributed by atoms with Crippen LogP contribution in [0, 0.1) is 5.92 Å². The van der Waals surface area contributed by atoms with E-state index < -0.39 is 14.3 Å². The average Bonchev–Trinajstić information content (AvgIpc) is 3.25. The second-order valence-corrected chi connectivity index (χ2v) is 17.3. The molecule has 0 unspecified atom stereocenters. The summed E-state index contributed by atoms with van der Waals surface area (Å²) in [5.74, 6) is -0.737. The number of fused-ring (bicyclic) bond motifs is 2. The fourth-order valence-electron chi connectivity index (χ4n) is 4.21. The summed E-state index contributed by atoms with van der Waals surface area (Å²) in [6.07, 6.45) is 0.422. The maximum Gasteiger partial charge on any atom is 0.355 e. The maximum absolute atomic E-state index is 13.3. The Kier molecular flexibility index (Phi) is 6.54. The molecule has 33 heavy (non-hydrogen) atoms. The van der Waals surface area contributed by atoms with Crippen molar-refractivity contribution in [3.8, 4) is 0 Å². The highest BCUT2D eigenvalue weighted by atomic mass is 32.2. The van der Waals surface area contributed by atoms with Crippen LogP contribution in [0.25, 0.3) is 10.2 Å². The van der Waals surface area contributed by atoms with E-state index in [1.165, 1.54) is 11.8 Å². The SMILES string of the molecule is CCOC(=O)C1=C(Sc2nc3ccccc3s2)C[C@@H]2[C@@H]([C@@H](C)O[Si](C)(C)C(C)(C)C)C(=O)N12. The fraction of sp³-hybridized carbons (Fsp3) is 0.542. The van der Waals surface area contributed by atoms with Crippen molar-refractivity contribution >= 4 is 53.5 Å². The lowest BCUT2D eigenvalue weighted by molar-refractivity contribution is -0.161. The maximum atomic E-state index is 13.3. The number of hydrogen-bond donors (Lipinski definition) is 0. The Morgan fingerprint density at radius 1 is 1.33 bits per heavy atom. The van der Waals surface area contributed by atoms with Crippen molar-refractivity contribution < 1.29 is 18.8 Å². The van der Waals surface area contributed by atoms with Gasteiger partial charge in [0.25, 0.3) is 0 Å². The van der Waals surface area contributed by atoms with Gasteiger partial charge in [0.05, 0.1) is 34.9 Å². The summed E-state index contributed by atoms with van der Waals surface area (Å²) in [7, 11) is -2.02. The summed E-state index contributed by atoms with van der Waals surface area (Å²) >= 11 is 3.08. The van der Waals surface area contributed by atoms with Gasteiger partial charge in [-0.15, -0.1) is 11.3 Å². The zero-order valence-electron chi connectivity index (χ0n) is 20.3. The number of nitrogens with zero attached hydrogens (tertiary/aromatic N) is 2. The number of thioether (sulfide) groups is 1. The quantitative estimate of drug-likeness (QED) is 0.269. The molecule has 178 valence electrons. The number of carbonyl (C=O) groups is 2. The standard InChI is InChI=1S/C24H32N2O4S2Si/c1-8-29-22(28)20-18(32-23-25-15-11-9-10-12-17(15)31-23)13-16-19(21(27)26(16)20)14(2)30-33(6,7)24(3,4)5/h9-12,14,16,19H,8,13H2,1-7H3/t14-,16-,19-/m1/s1. The van der Waals surface area contributed by atoms with Crippen molar-refractivity contribution in [2.24, 2.45) is 5.92 Å². The lowest BCUT2D eigenvalue weighted by Gasteiger charge is -2.48. The third kappa shape index (κ3) is 4.40. The number of benzene rings is 1. The summed E-state index contributed by atoms with van der Waals surface area (Å²) in [5, 5.41) is 0.0611. The molecule has 4 rings (SSSR count). The molecule has 1 saturated heterocycles. The van der Waals surface area contributed by atoms with E-state index in [0.717, 1.165) is 19.5 Å². The van der Waals surface area contributed by atoms with E-state index in [9.17, 15) is 9.59 Å². The van der Waals surface area contributed by atoms with Crippen LogP contribution in [0.5, 0.6) is 0 Å². The molecule has 0 radical (unpaired) electrons. The molecular formula is C24H32N2O4S2Si. The number of β-lactam (4-membered cyclic amide) rings is 1. The highest BCUT2D eigenvalue weighted by Gasteiger charge is 2.58. The van der Waals surface area contributed by atoms with Crippen LogP contribution in [-0.2, 0) is 18.8 Å². The summed E-state index contributed by atoms with van der Waals surface area (Å²) < 4.78 is 13.9. The van der Waals surface area contributed by atoms with Crippen LogP contribution >= 0.6 is 23.1 Å². The monoisotopic (exact) mass is 504 g/mol. The average molecular weight is 505 g/mol. The number of amides is 1. The van der Waals surface area contributed by atoms with Crippen molar-refractivity contribution in [1.82, 2.24) is 9.88 Å². The minimum atomic E-state index is -2.02. The Balaban J connectivity index is 1.58. The molecule has 0 N–H and O–H groups in total. The minimum absolute atomic E-state index is 0.0471. The number of esters is 1. The molecule has 0 aliphatic carbocycles. The van der Waals surface area contributed by atoms with Gasteiger partial charge in [-0.3, -0.25) is 4.79 Å². The number of rotatable bonds is 7. The van der Waals surface area contributed by atoms with E-state index in [0.29, 0.717) is 12.1 Å². The molecule has 2 aromatic rings. The highest BCUT2D eigenvalue weighted by Crippen LogP contribution is 2.51. The van der Waals surface area contributed by atoms with Crippen LogP contribution in [0.4, 0.5) is 0 Å². The summed E-state index contributed by atoms with van der Waals surface area (Å²) in [5.41, 5.74) is 1.32. The van der Waals surface area contributed by atoms with Crippen molar-refractivity contribution in [3.05, 3.63) is 34.9 Å². The van der Waals surface area contributed by atoms with E-state index in [1.807, 2.05) is 31.2 Å². The molecule has 6 nitrogen and oxygen atoms in total. The first-order valence-corrected chi connectivity index (χ1v) is 15.9. The van der Waals surface area contributed by atoms with Gasteiger partial charge >= 0.3 is 5.97 Å². The van der Waals surface area contributed by atoms with Crippen LogP contribution in [-0.4, -0.2) is 48.8 Å². The number of hydrogen-bond acceptors (Lipinski definition) is 7. The van der Waals surface area contributed by atoms with Crippen LogP contribution in [0.2, 0.25) is 18.1 Å². The molecule has 3 heterocycles. The molecule has 2 aliphatic rings. The normalized spacial score (nSPS) is 21.9. The number of carbonyl (C=O) groups excluding carboxylic acids is 2. The van der Waals surface area contributed by atoms with Crippen LogP contribution in [0.3, 0.4) is 0 Å². The molecule has 1 aromatic heterocycles. The minimum Gasteiger partial charge on any atom is -0.461 e. The third-order valence-electron chi connectivity index (χ3n) is 6.91. The van der Waals surface area contributed by atoms with Gasteiger partial charge in [-0.25, -0.2) is 9.78 Å². The Hall–Kier alpha value is -1.68. The van der Waals surface area contributed by atoms with E-state index in [-0.39, 0.29) is 35.6 Å².